The normalized spacial score (nSPS) is 14.2. The fraction of sp³-hybridized carbons (Fsp3) is 0.316. The fourth-order valence-electron chi connectivity index (χ4n) is 6.09. The van der Waals surface area contributed by atoms with Crippen molar-refractivity contribution in [3.63, 3.8) is 0 Å². The highest BCUT2D eigenvalue weighted by Gasteiger charge is 2.37. The maximum Gasteiger partial charge on any atom is 0.416 e. The number of halogens is 3. The highest BCUT2D eigenvalue weighted by atomic mass is 32.2. The van der Waals surface area contributed by atoms with Gasteiger partial charge in [0.15, 0.2) is 0 Å². The molecule has 0 bridgehead atoms. The third kappa shape index (κ3) is 9.03. The van der Waals surface area contributed by atoms with Crippen LogP contribution in [0.5, 0.6) is 5.75 Å². The second-order valence-corrected chi connectivity index (χ2v) is 14.3. The molecule has 0 radical (unpaired) electrons. The van der Waals surface area contributed by atoms with Gasteiger partial charge in [-0.3, -0.25) is 13.9 Å². The summed E-state index contributed by atoms with van der Waals surface area (Å²) < 4.78 is 76.1. The molecule has 4 aromatic rings. The van der Waals surface area contributed by atoms with Crippen LogP contribution in [0, 0.1) is 6.92 Å². The van der Waals surface area contributed by atoms with E-state index in [9.17, 15) is 31.2 Å². The van der Waals surface area contributed by atoms with Crippen LogP contribution in [0.4, 0.5) is 18.9 Å². The second kappa shape index (κ2) is 15.8. The molecule has 1 atom stereocenters. The molecule has 0 heterocycles. The first-order chi connectivity index (χ1) is 23.8. The lowest BCUT2D eigenvalue weighted by atomic mass is 10.0. The number of methoxy groups -OCH3 is 1. The van der Waals surface area contributed by atoms with Crippen LogP contribution < -0.4 is 14.4 Å². The van der Waals surface area contributed by atoms with Crippen LogP contribution in [0.2, 0.25) is 0 Å². The van der Waals surface area contributed by atoms with E-state index in [2.05, 4.69) is 5.32 Å². The summed E-state index contributed by atoms with van der Waals surface area (Å²) >= 11 is 0. The molecule has 1 N–H and O–H groups in total. The maximum absolute atomic E-state index is 14.7. The number of hydrogen-bond acceptors (Lipinski definition) is 5. The fourth-order valence-corrected chi connectivity index (χ4v) is 7.50. The lowest BCUT2D eigenvalue weighted by Gasteiger charge is -2.34. The Bertz CT molecular complexity index is 1880. The average molecular weight is 708 g/mol. The topological polar surface area (TPSA) is 96.0 Å². The van der Waals surface area contributed by atoms with Crippen molar-refractivity contribution in [2.24, 2.45) is 0 Å². The number of benzene rings is 4. The second-order valence-electron chi connectivity index (χ2n) is 12.4. The van der Waals surface area contributed by atoms with E-state index in [1.54, 1.807) is 43.3 Å². The Morgan fingerprint density at radius 2 is 1.54 bits per heavy atom. The first-order valence-electron chi connectivity index (χ1n) is 16.4. The zero-order valence-corrected chi connectivity index (χ0v) is 28.7. The molecule has 1 aliphatic rings. The quantitative estimate of drug-likeness (QED) is 0.163. The van der Waals surface area contributed by atoms with Crippen molar-refractivity contribution in [1.82, 2.24) is 10.2 Å². The monoisotopic (exact) mass is 707 g/mol. The first kappa shape index (κ1) is 36.4. The molecule has 0 aliphatic heterocycles. The van der Waals surface area contributed by atoms with E-state index in [0.717, 1.165) is 48.9 Å². The van der Waals surface area contributed by atoms with Gasteiger partial charge in [-0.25, -0.2) is 8.42 Å². The minimum Gasteiger partial charge on any atom is -0.497 e. The smallest absolute Gasteiger partial charge is 0.416 e. The number of hydrogen-bond donors (Lipinski definition) is 1. The van der Waals surface area contributed by atoms with Crippen molar-refractivity contribution in [3.05, 3.63) is 125 Å². The van der Waals surface area contributed by atoms with Crippen LogP contribution in [-0.2, 0) is 38.8 Å². The van der Waals surface area contributed by atoms with E-state index in [-0.39, 0.29) is 29.6 Å². The Morgan fingerprint density at radius 3 is 2.20 bits per heavy atom. The number of ether oxygens (including phenoxy) is 1. The van der Waals surface area contributed by atoms with Gasteiger partial charge in [0, 0.05) is 19.0 Å². The Balaban J connectivity index is 1.61. The number of nitrogens with one attached hydrogen (secondary N) is 1. The Morgan fingerprint density at radius 1 is 0.880 bits per heavy atom. The minimum atomic E-state index is -4.77. The van der Waals surface area contributed by atoms with Gasteiger partial charge >= 0.3 is 6.18 Å². The lowest BCUT2D eigenvalue weighted by Crippen LogP contribution is -2.54. The summed E-state index contributed by atoms with van der Waals surface area (Å²) in [7, 11) is -3.07. The van der Waals surface area contributed by atoms with Crippen LogP contribution >= 0.6 is 0 Å². The average Bonchev–Trinajstić information content (AvgIpc) is 3.62. The lowest BCUT2D eigenvalue weighted by molar-refractivity contribution is -0.140. The Labute approximate surface area is 290 Å². The number of carbonyl (C=O) groups is 2. The molecule has 1 aliphatic carbocycles. The van der Waals surface area contributed by atoms with E-state index in [1.807, 2.05) is 30.3 Å². The number of anilines is 1. The van der Waals surface area contributed by atoms with Crippen molar-refractivity contribution >= 4 is 27.5 Å². The highest BCUT2D eigenvalue weighted by Crippen LogP contribution is 2.34. The number of rotatable bonds is 13. The molecule has 2 amide bonds. The van der Waals surface area contributed by atoms with Crippen LogP contribution in [0.15, 0.2) is 108 Å². The number of sulfonamides is 1. The summed E-state index contributed by atoms with van der Waals surface area (Å²) in [5.41, 5.74) is 0.732. The summed E-state index contributed by atoms with van der Waals surface area (Å²) in [6.45, 7) is 0.792. The van der Waals surface area contributed by atoms with Crippen molar-refractivity contribution in [3.8, 4) is 5.75 Å². The standard InChI is InChI=1S/C38H40F3N3O5S/c1-27-18-20-34(21-19-27)50(47,48)44(32-16-9-13-30(24-32)38(39,40)41)26-36(45)43(25-29-12-8-17-33(22-29)49-2)35(23-28-10-4-3-5-11-28)37(46)42-31-14-6-7-15-31/h3-5,8-13,16-22,24,31,35H,6-7,14-15,23,25-26H2,1-2H3,(H,42,46)/t35-/m1/s1. The number of aryl methyl sites for hydroxylation is 1. The summed E-state index contributed by atoms with van der Waals surface area (Å²) in [6.07, 6.45) is -1.13. The summed E-state index contributed by atoms with van der Waals surface area (Å²) in [5, 5.41) is 3.10. The maximum atomic E-state index is 14.7. The number of amides is 2. The SMILES string of the molecule is COc1cccc(CN(C(=O)CN(c2cccc(C(F)(F)F)c2)S(=O)(=O)c2ccc(C)cc2)[C@H](Cc2ccccc2)C(=O)NC2CCCC2)c1. The predicted molar refractivity (Wildman–Crippen MR) is 185 cm³/mol. The molecule has 1 saturated carbocycles. The van der Waals surface area contributed by atoms with Crippen LogP contribution in [0.1, 0.15) is 47.9 Å². The van der Waals surface area contributed by atoms with Crippen LogP contribution in [0.25, 0.3) is 0 Å². The van der Waals surface area contributed by atoms with E-state index in [0.29, 0.717) is 21.7 Å². The van der Waals surface area contributed by atoms with E-state index >= 15 is 0 Å². The molecule has 12 heteroatoms. The van der Waals surface area contributed by atoms with Gasteiger partial charge in [-0.1, -0.05) is 79.1 Å². The van der Waals surface area contributed by atoms with Crippen molar-refractivity contribution in [2.45, 2.75) is 68.7 Å². The summed E-state index contributed by atoms with van der Waals surface area (Å²) in [4.78, 5) is 29.9. The highest BCUT2D eigenvalue weighted by molar-refractivity contribution is 7.92. The van der Waals surface area contributed by atoms with Gasteiger partial charge in [0.05, 0.1) is 23.3 Å². The van der Waals surface area contributed by atoms with E-state index in [1.165, 1.54) is 30.2 Å². The van der Waals surface area contributed by atoms with Gasteiger partial charge in [0.25, 0.3) is 10.0 Å². The molecule has 0 saturated heterocycles. The van der Waals surface area contributed by atoms with Crippen molar-refractivity contribution in [2.75, 3.05) is 18.0 Å². The van der Waals surface area contributed by atoms with Gasteiger partial charge in [-0.2, -0.15) is 13.2 Å². The van der Waals surface area contributed by atoms with E-state index in [4.69, 9.17) is 4.74 Å². The molecular formula is C38H40F3N3O5S. The Hall–Kier alpha value is -4.84. The molecule has 264 valence electrons. The molecule has 0 unspecified atom stereocenters. The number of nitrogens with zero attached hydrogens (tertiary/aromatic N) is 2. The predicted octanol–water partition coefficient (Wildman–Crippen LogP) is 6.92. The molecule has 0 spiro atoms. The van der Waals surface area contributed by atoms with Crippen molar-refractivity contribution < 1.29 is 35.9 Å². The van der Waals surface area contributed by atoms with Gasteiger partial charge in [0.1, 0.15) is 18.3 Å². The molecule has 8 nitrogen and oxygen atoms in total. The van der Waals surface area contributed by atoms with Crippen molar-refractivity contribution in [1.29, 1.82) is 0 Å². The van der Waals surface area contributed by atoms with Crippen LogP contribution in [-0.4, -0.2) is 50.9 Å². The third-order valence-electron chi connectivity index (χ3n) is 8.81. The third-order valence-corrected chi connectivity index (χ3v) is 10.6. The zero-order chi connectivity index (χ0) is 35.9. The molecule has 50 heavy (non-hydrogen) atoms. The first-order valence-corrected chi connectivity index (χ1v) is 17.8. The summed E-state index contributed by atoms with van der Waals surface area (Å²) in [5.74, 6) is -0.662. The Kier molecular flexibility index (Phi) is 11.5. The van der Waals surface area contributed by atoms with Crippen LogP contribution in [0.3, 0.4) is 0 Å². The largest absolute Gasteiger partial charge is 0.497 e. The summed E-state index contributed by atoms with van der Waals surface area (Å²) in [6, 6.07) is 24.6. The molecular weight excluding hydrogens is 667 g/mol. The van der Waals surface area contributed by atoms with E-state index < -0.39 is 46.2 Å². The van der Waals surface area contributed by atoms with Gasteiger partial charge in [-0.15, -0.1) is 0 Å². The zero-order valence-electron chi connectivity index (χ0n) is 27.9. The number of alkyl halides is 3. The molecule has 0 aromatic heterocycles. The van der Waals surface area contributed by atoms with Gasteiger partial charge < -0.3 is 15.0 Å². The molecule has 5 rings (SSSR count). The molecule has 4 aromatic carbocycles. The van der Waals surface area contributed by atoms with Gasteiger partial charge in [0.2, 0.25) is 11.8 Å². The molecule has 1 fully saturated rings. The minimum absolute atomic E-state index is 0.0712. The number of carbonyl (C=O) groups excluding carboxylic acids is 2. The van der Waals surface area contributed by atoms with Gasteiger partial charge in [-0.05, 0) is 73.4 Å².